The van der Waals surface area contributed by atoms with Crippen molar-refractivity contribution < 1.29 is 9.53 Å². The van der Waals surface area contributed by atoms with E-state index in [1.54, 1.807) is 0 Å². The Hall–Kier alpha value is -0.570. The number of carbonyl (C=O) groups is 1. The van der Waals surface area contributed by atoms with Crippen LogP contribution in [0.5, 0.6) is 0 Å². The molecular weight excluding hydrogens is 214 g/mol. The third-order valence-corrected chi connectivity index (χ3v) is 4.54. The fourth-order valence-corrected chi connectivity index (χ4v) is 2.89. The van der Waals surface area contributed by atoms with Gasteiger partial charge in [-0.15, -0.1) is 0 Å². The van der Waals surface area contributed by atoms with Crippen LogP contribution in [0.2, 0.25) is 0 Å². The van der Waals surface area contributed by atoms with Crippen LogP contribution in [-0.2, 0) is 9.53 Å². The minimum absolute atomic E-state index is 0.0484. The van der Waals surface area contributed by atoms with E-state index in [-0.39, 0.29) is 11.5 Å². The largest absolute Gasteiger partial charge is 0.468 e. The summed E-state index contributed by atoms with van der Waals surface area (Å²) in [6, 6.07) is 0. The average Bonchev–Trinajstić information content (AvgIpc) is 3.20. The highest BCUT2D eigenvalue weighted by Gasteiger charge is 2.43. The molecule has 2 aliphatic rings. The molecule has 98 valence electrons. The van der Waals surface area contributed by atoms with Gasteiger partial charge in [-0.05, 0) is 56.9 Å². The van der Waals surface area contributed by atoms with Crippen LogP contribution in [0.25, 0.3) is 0 Å². The van der Waals surface area contributed by atoms with Gasteiger partial charge in [0.15, 0.2) is 0 Å². The summed E-state index contributed by atoms with van der Waals surface area (Å²) < 4.78 is 5.01. The molecule has 0 bridgehead atoms. The van der Waals surface area contributed by atoms with Crippen molar-refractivity contribution in [1.29, 1.82) is 0 Å². The molecule has 3 nitrogen and oxygen atoms in total. The maximum atomic E-state index is 12.0. The first-order valence-corrected chi connectivity index (χ1v) is 7.03. The third kappa shape index (κ3) is 3.01. The molecule has 0 aliphatic heterocycles. The number of ether oxygens (including phenoxy) is 1. The lowest BCUT2D eigenvalue weighted by Gasteiger charge is -2.38. The second-order valence-electron chi connectivity index (χ2n) is 5.75. The molecule has 0 aromatic carbocycles. The fraction of sp³-hybridized carbons (Fsp3) is 0.929. The van der Waals surface area contributed by atoms with Crippen LogP contribution < -0.4 is 5.32 Å². The number of hydrogen-bond acceptors (Lipinski definition) is 3. The van der Waals surface area contributed by atoms with Gasteiger partial charge < -0.3 is 10.1 Å². The van der Waals surface area contributed by atoms with Crippen molar-refractivity contribution in [2.45, 2.75) is 57.4 Å². The Kier molecular flexibility index (Phi) is 4.08. The summed E-state index contributed by atoms with van der Waals surface area (Å²) in [6.07, 6.45) is 8.09. The molecule has 2 rings (SSSR count). The zero-order chi connectivity index (χ0) is 12.3. The first-order valence-electron chi connectivity index (χ1n) is 7.03. The van der Waals surface area contributed by atoms with Gasteiger partial charge in [0.25, 0.3) is 0 Å². The lowest BCUT2D eigenvalue weighted by molar-refractivity contribution is -0.150. The Labute approximate surface area is 104 Å². The number of carbonyl (C=O) groups excluding carboxylic acids is 1. The third-order valence-electron chi connectivity index (χ3n) is 4.54. The van der Waals surface area contributed by atoms with Crippen LogP contribution in [0.3, 0.4) is 0 Å². The van der Waals surface area contributed by atoms with Crippen LogP contribution in [0.4, 0.5) is 0 Å². The van der Waals surface area contributed by atoms with Crippen molar-refractivity contribution >= 4 is 5.97 Å². The lowest BCUT2D eigenvalue weighted by Crippen LogP contribution is -2.55. The predicted octanol–water partition coefficient (Wildman–Crippen LogP) is 2.50. The van der Waals surface area contributed by atoms with Crippen LogP contribution in [0.15, 0.2) is 0 Å². The molecule has 3 heteroatoms. The van der Waals surface area contributed by atoms with Crippen molar-refractivity contribution in [3.8, 4) is 0 Å². The fourth-order valence-electron chi connectivity index (χ4n) is 2.89. The molecule has 0 unspecified atom stereocenters. The first-order chi connectivity index (χ1) is 8.20. The SMILES string of the molecule is CCC1CCC(NCC2CC2)(C(=O)OC)CC1. The summed E-state index contributed by atoms with van der Waals surface area (Å²) in [5.41, 5.74) is -0.372. The minimum atomic E-state index is -0.372. The highest BCUT2D eigenvalue weighted by Crippen LogP contribution is 2.36. The number of rotatable bonds is 5. The average molecular weight is 239 g/mol. The van der Waals surface area contributed by atoms with E-state index in [4.69, 9.17) is 4.74 Å². The molecule has 0 aromatic heterocycles. The predicted molar refractivity (Wildman–Crippen MR) is 67.7 cm³/mol. The van der Waals surface area contributed by atoms with E-state index in [2.05, 4.69) is 12.2 Å². The highest BCUT2D eigenvalue weighted by molar-refractivity contribution is 5.80. The smallest absolute Gasteiger partial charge is 0.326 e. The van der Waals surface area contributed by atoms with Gasteiger partial charge in [-0.1, -0.05) is 13.3 Å². The van der Waals surface area contributed by atoms with Gasteiger partial charge >= 0.3 is 5.97 Å². The number of hydrogen-bond donors (Lipinski definition) is 1. The standard InChI is InChI=1S/C14H25NO2/c1-3-11-6-8-14(9-7-11,13(16)17-2)15-10-12-4-5-12/h11-12,15H,3-10H2,1-2H3. The van der Waals surface area contributed by atoms with Crippen molar-refractivity contribution in [2.24, 2.45) is 11.8 Å². The van der Waals surface area contributed by atoms with Gasteiger partial charge in [0, 0.05) is 0 Å². The normalized spacial score (nSPS) is 33.4. The lowest BCUT2D eigenvalue weighted by atomic mass is 9.75. The molecule has 0 radical (unpaired) electrons. The molecule has 0 aromatic rings. The molecule has 0 saturated heterocycles. The summed E-state index contributed by atoms with van der Waals surface area (Å²) in [5, 5.41) is 3.52. The second kappa shape index (κ2) is 5.38. The number of nitrogens with one attached hydrogen (secondary N) is 1. The van der Waals surface area contributed by atoms with E-state index in [0.717, 1.165) is 44.1 Å². The van der Waals surface area contributed by atoms with Gasteiger partial charge in [0.05, 0.1) is 7.11 Å². The highest BCUT2D eigenvalue weighted by atomic mass is 16.5. The Bertz CT molecular complexity index is 265. The van der Waals surface area contributed by atoms with Gasteiger partial charge in [-0.2, -0.15) is 0 Å². The van der Waals surface area contributed by atoms with Crippen molar-refractivity contribution in [3.63, 3.8) is 0 Å². The Balaban J connectivity index is 1.94. The summed E-state index contributed by atoms with van der Waals surface area (Å²) >= 11 is 0. The summed E-state index contributed by atoms with van der Waals surface area (Å²) in [5.74, 6) is 1.56. The number of esters is 1. The van der Waals surface area contributed by atoms with Crippen molar-refractivity contribution in [3.05, 3.63) is 0 Å². The molecule has 2 aliphatic carbocycles. The van der Waals surface area contributed by atoms with Gasteiger partial charge in [0.1, 0.15) is 5.54 Å². The van der Waals surface area contributed by atoms with E-state index in [1.165, 1.54) is 26.4 Å². The van der Waals surface area contributed by atoms with E-state index in [1.807, 2.05) is 0 Å². The van der Waals surface area contributed by atoms with Crippen LogP contribution >= 0.6 is 0 Å². The van der Waals surface area contributed by atoms with Crippen LogP contribution in [0.1, 0.15) is 51.9 Å². The molecule has 2 saturated carbocycles. The molecule has 0 heterocycles. The van der Waals surface area contributed by atoms with Gasteiger partial charge in [-0.3, -0.25) is 4.79 Å². The summed E-state index contributed by atoms with van der Waals surface area (Å²) in [4.78, 5) is 12.0. The topological polar surface area (TPSA) is 38.3 Å². The van der Waals surface area contributed by atoms with E-state index >= 15 is 0 Å². The van der Waals surface area contributed by atoms with E-state index in [0.29, 0.717) is 0 Å². The van der Waals surface area contributed by atoms with Crippen molar-refractivity contribution in [1.82, 2.24) is 5.32 Å². The first kappa shape index (κ1) is 12.9. The van der Waals surface area contributed by atoms with Crippen LogP contribution in [0, 0.1) is 11.8 Å². The molecule has 17 heavy (non-hydrogen) atoms. The summed E-state index contributed by atoms with van der Waals surface area (Å²) in [7, 11) is 1.51. The molecule has 0 amide bonds. The molecule has 1 N–H and O–H groups in total. The Morgan fingerprint density at radius 3 is 2.35 bits per heavy atom. The zero-order valence-corrected chi connectivity index (χ0v) is 11.1. The van der Waals surface area contributed by atoms with Crippen molar-refractivity contribution in [2.75, 3.05) is 13.7 Å². The maximum Gasteiger partial charge on any atom is 0.326 e. The number of methoxy groups -OCH3 is 1. The Morgan fingerprint density at radius 1 is 1.24 bits per heavy atom. The molecule has 0 spiro atoms. The quantitative estimate of drug-likeness (QED) is 0.749. The Morgan fingerprint density at radius 2 is 1.88 bits per heavy atom. The molecular formula is C14H25NO2. The maximum absolute atomic E-state index is 12.0. The van der Waals surface area contributed by atoms with E-state index in [9.17, 15) is 4.79 Å². The zero-order valence-electron chi connectivity index (χ0n) is 11.1. The minimum Gasteiger partial charge on any atom is -0.468 e. The molecule has 0 atom stereocenters. The van der Waals surface area contributed by atoms with Gasteiger partial charge in [0.2, 0.25) is 0 Å². The van der Waals surface area contributed by atoms with Crippen LogP contribution in [-0.4, -0.2) is 25.2 Å². The summed E-state index contributed by atoms with van der Waals surface area (Å²) in [6.45, 7) is 3.24. The second-order valence-corrected chi connectivity index (χ2v) is 5.75. The van der Waals surface area contributed by atoms with E-state index < -0.39 is 0 Å². The van der Waals surface area contributed by atoms with Gasteiger partial charge in [-0.25, -0.2) is 0 Å². The molecule has 2 fully saturated rings. The monoisotopic (exact) mass is 239 g/mol.